The molecule has 1 heterocycles. The molecule has 0 amide bonds. The van der Waals surface area contributed by atoms with E-state index in [4.69, 9.17) is 18.9 Å². The molecule has 62 heavy (non-hydrogen) atoms. The summed E-state index contributed by atoms with van der Waals surface area (Å²) in [6.07, 6.45) is 35.3. The number of carbonyl (C=O) groups is 2. The van der Waals surface area contributed by atoms with Crippen molar-refractivity contribution >= 4 is 22.1 Å². The van der Waals surface area contributed by atoms with Gasteiger partial charge in [-0.3, -0.25) is 14.1 Å². The Labute approximate surface area is 377 Å². The first-order chi connectivity index (χ1) is 30.0. The Morgan fingerprint density at radius 3 is 1.44 bits per heavy atom. The summed E-state index contributed by atoms with van der Waals surface area (Å²) in [7, 11) is -4.60. The Hall–Kier alpha value is -1.87. The van der Waals surface area contributed by atoms with Gasteiger partial charge in [-0.05, 0) is 51.4 Å². The maximum Gasteiger partial charge on any atom is 0.306 e. The Bertz CT molecular complexity index is 1240. The van der Waals surface area contributed by atoms with Crippen molar-refractivity contribution in [3.63, 3.8) is 0 Å². The fraction of sp³-hybridized carbons (Fsp3) is 0.878. The first-order valence-corrected chi connectivity index (χ1v) is 26.5. The lowest BCUT2D eigenvalue weighted by Crippen LogP contribution is -2.60. The normalized spacial score (nSPS) is 20.0. The average molecular weight is 903 g/mol. The van der Waals surface area contributed by atoms with E-state index in [1.54, 1.807) is 0 Å². The van der Waals surface area contributed by atoms with Crippen LogP contribution in [0.3, 0.4) is 0 Å². The van der Waals surface area contributed by atoms with Gasteiger partial charge < -0.3 is 34.3 Å². The Kier molecular flexibility index (Phi) is 37.0. The van der Waals surface area contributed by atoms with Gasteiger partial charge in [0, 0.05) is 12.8 Å². The number of aliphatic hydroxyl groups is 3. The van der Waals surface area contributed by atoms with Crippen molar-refractivity contribution in [1.82, 2.24) is 0 Å². The molecule has 0 aromatic heterocycles. The summed E-state index contributed by atoms with van der Waals surface area (Å²) in [4.78, 5) is 25.4. The van der Waals surface area contributed by atoms with Gasteiger partial charge in [0.1, 0.15) is 36.8 Å². The minimum Gasteiger partial charge on any atom is -0.462 e. The molecule has 0 aromatic rings. The summed E-state index contributed by atoms with van der Waals surface area (Å²) in [6.45, 7) is 3.71. The van der Waals surface area contributed by atoms with E-state index in [-0.39, 0.29) is 19.4 Å². The van der Waals surface area contributed by atoms with Crippen molar-refractivity contribution in [2.24, 2.45) is 0 Å². The van der Waals surface area contributed by atoms with Crippen molar-refractivity contribution in [2.75, 3.05) is 19.0 Å². The average Bonchev–Trinajstić information content (AvgIpc) is 3.24. The molecule has 6 atom stereocenters. The molecule has 13 heteroatoms. The maximum absolute atomic E-state index is 12.8. The van der Waals surface area contributed by atoms with E-state index in [9.17, 15) is 37.9 Å². The standard InChI is InChI=1S/C49H90O12S/c1-3-5-7-9-11-13-15-16-17-18-19-20-21-22-23-24-25-26-28-30-32-34-36-38-45(51)60-42(39-58-44(50)37-35-33-31-29-27-14-12-10-8-6-4-2)40-59-49-48(54)47(53)46(52)43(61-49)41-62(55,56)57/h10,12,30,32,42-43,46-49,52-54H,3-9,11,13-29,31,33-41H2,1-2H3,(H,55,56,57)/b12-10+,32-30+/t42-,43-,46-,47?,48?,49+/m1/s1. The lowest BCUT2D eigenvalue weighted by Gasteiger charge is -2.40. The molecule has 4 N–H and O–H groups in total. The molecule has 1 rings (SSSR count). The molecule has 364 valence electrons. The van der Waals surface area contributed by atoms with Crippen LogP contribution in [0.2, 0.25) is 0 Å². The van der Waals surface area contributed by atoms with Gasteiger partial charge in [0.15, 0.2) is 12.4 Å². The summed E-state index contributed by atoms with van der Waals surface area (Å²) in [6, 6.07) is 0. The predicted octanol–water partition coefficient (Wildman–Crippen LogP) is 10.8. The fourth-order valence-electron chi connectivity index (χ4n) is 7.60. The van der Waals surface area contributed by atoms with Crippen molar-refractivity contribution in [2.45, 2.75) is 256 Å². The van der Waals surface area contributed by atoms with Crippen molar-refractivity contribution in [3.8, 4) is 0 Å². The third kappa shape index (κ3) is 33.6. The summed E-state index contributed by atoms with van der Waals surface area (Å²) in [5, 5.41) is 30.9. The smallest absolute Gasteiger partial charge is 0.306 e. The van der Waals surface area contributed by atoms with Gasteiger partial charge in [-0.15, -0.1) is 0 Å². The molecule has 0 saturated carbocycles. The molecule has 0 radical (unpaired) electrons. The number of aliphatic hydroxyl groups excluding tert-OH is 3. The molecular weight excluding hydrogens is 813 g/mol. The maximum atomic E-state index is 12.8. The molecule has 0 aromatic carbocycles. The number of hydrogen-bond donors (Lipinski definition) is 4. The minimum absolute atomic E-state index is 0.117. The monoisotopic (exact) mass is 903 g/mol. The number of esters is 2. The third-order valence-corrected chi connectivity index (χ3v) is 12.3. The lowest BCUT2D eigenvalue weighted by atomic mass is 10.00. The second-order valence-corrected chi connectivity index (χ2v) is 19.0. The summed E-state index contributed by atoms with van der Waals surface area (Å²) < 4.78 is 54.1. The van der Waals surface area contributed by atoms with E-state index in [1.807, 2.05) is 0 Å². The number of ether oxygens (including phenoxy) is 4. The molecule has 0 spiro atoms. The number of rotatable bonds is 42. The zero-order valence-electron chi connectivity index (χ0n) is 39.0. The molecule has 1 aliphatic heterocycles. The molecule has 1 fully saturated rings. The van der Waals surface area contributed by atoms with E-state index in [2.05, 4.69) is 38.2 Å². The quantitative estimate of drug-likeness (QED) is 0.0197. The van der Waals surface area contributed by atoms with Crippen molar-refractivity contribution < 1.29 is 56.8 Å². The molecular formula is C49H90O12S. The van der Waals surface area contributed by atoms with Crippen LogP contribution < -0.4 is 0 Å². The highest BCUT2D eigenvalue weighted by atomic mass is 32.2. The van der Waals surface area contributed by atoms with Crippen LogP contribution in [-0.2, 0) is 38.7 Å². The van der Waals surface area contributed by atoms with Crippen LogP contribution in [0.25, 0.3) is 0 Å². The lowest BCUT2D eigenvalue weighted by molar-refractivity contribution is -0.297. The topological polar surface area (TPSA) is 186 Å². The number of hydrogen-bond acceptors (Lipinski definition) is 11. The summed E-state index contributed by atoms with van der Waals surface area (Å²) in [5.41, 5.74) is 0. The summed E-state index contributed by atoms with van der Waals surface area (Å²) in [5.74, 6) is -2.03. The number of unbranched alkanes of at least 4 members (excludes halogenated alkanes) is 26. The third-order valence-electron chi connectivity index (χ3n) is 11.5. The minimum atomic E-state index is -4.60. The zero-order valence-corrected chi connectivity index (χ0v) is 39.8. The van der Waals surface area contributed by atoms with Crippen LogP contribution in [0.5, 0.6) is 0 Å². The van der Waals surface area contributed by atoms with Crippen LogP contribution in [0, 0.1) is 0 Å². The van der Waals surface area contributed by atoms with Gasteiger partial charge >= 0.3 is 11.9 Å². The van der Waals surface area contributed by atoms with E-state index in [0.717, 1.165) is 51.4 Å². The van der Waals surface area contributed by atoms with Gasteiger partial charge in [-0.1, -0.05) is 179 Å². The highest BCUT2D eigenvalue weighted by Gasteiger charge is 2.46. The van der Waals surface area contributed by atoms with Crippen LogP contribution in [-0.4, -0.2) is 96.0 Å². The molecule has 0 aliphatic carbocycles. The van der Waals surface area contributed by atoms with Gasteiger partial charge in [0.2, 0.25) is 0 Å². The van der Waals surface area contributed by atoms with Crippen LogP contribution >= 0.6 is 0 Å². The highest BCUT2D eigenvalue weighted by Crippen LogP contribution is 2.24. The first kappa shape index (κ1) is 58.1. The van der Waals surface area contributed by atoms with E-state index < -0.39 is 71.2 Å². The highest BCUT2D eigenvalue weighted by molar-refractivity contribution is 7.85. The van der Waals surface area contributed by atoms with Crippen molar-refractivity contribution in [3.05, 3.63) is 24.3 Å². The second kappa shape index (κ2) is 39.5. The van der Waals surface area contributed by atoms with Gasteiger partial charge in [-0.2, -0.15) is 8.42 Å². The van der Waals surface area contributed by atoms with Crippen molar-refractivity contribution in [1.29, 1.82) is 0 Å². The van der Waals surface area contributed by atoms with Gasteiger partial charge in [-0.25, -0.2) is 0 Å². The van der Waals surface area contributed by atoms with Gasteiger partial charge in [0.05, 0.1) is 6.61 Å². The van der Waals surface area contributed by atoms with E-state index >= 15 is 0 Å². The molecule has 1 aliphatic rings. The SMILES string of the molecule is CCCC/C=C/CCCCCCCC(=O)OC[C@H](CO[C@H]1O[C@H](CS(=O)(=O)O)[C@@H](O)C(O)C1O)OC(=O)CCC/C=C/CCCCCCCCCCCCCCCCCCCC. The van der Waals surface area contributed by atoms with Crippen LogP contribution in [0.4, 0.5) is 0 Å². The fourth-order valence-corrected chi connectivity index (χ4v) is 8.29. The molecule has 2 unspecified atom stereocenters. The van der Waals surface area contributed by atoms with E-state index in [1.165, 1.54) is 122 Å². The largest absolute Gasteiger partial charge is 0.462 e. The number of carbonyl (C=O) groups excluding carboxylic acids is 2. The Balaban J connectivity index is 2.35. The number of allylic oxidation sites excluding steroid dienone is 4. The first-order valence-electron chi connectivity index (χ1n) is 24.9. The summed E-state index contributed by atoms with van der Waals surface area (Å²) >= 11 is 0. The Morgan fingerprint density at radius 1 is 0.532 bits per heavy atom. The van der Waals surface area contributed by atoms with Gasteiger partial charge in [0.25, 0.3) is 10.1 Å². The zero-order chi connectivity index (χ0) is 45.5. The molecule has 1 saturated heterocycles. The predicted molar refractivity (Wildman–Crippen MR) is 247 cm³/mol. The van der Waals surface area contributed by atoms with E-state index in [0.29, 0.717) is 19.3 Å². The second-order valence-electron chi connectivity index (χ2n) is 17.5. The molecule has 12 nitrogen and oxygen atoms in total. The Morgan fingerprint density at radius 2 is 0.952 bits per heavy atom. The van der Waals surface area contributed by atoms with Crippen LogP contribution in [0.15, 0.2) is 24.3 Å². The van der Waals surface area contributed by atoms with Crippen LogP contribution in [0.1, 0.15) is 219 Å². The molecule has 0 bridgehead atoms.